The lowest BCUT2D eigenvalue weighted by molar-refractivity contribution is 0.217. The number of carbonyl (C=O) groups excluding carboxylic acids is 1. The van der Waals surface area contributed by atoms with Crippen LogP contribution < -0.4 is 10.0 Å². The molecule has 0 atom stereocenters. The number of nitrogens with one attached hydrogen (secondary N) is 2. The van der Waals surface area contributed by atoms with Gasteiger partial charge in [-0.1, -0.05) is 6.07 Å². The van der Waals surface area contributed by atoms with E-state index >= 15 is 0 Å². The van der Waals surface area contributed by atoms with Crippen molar-refractivity contribution in [3.05, 3.63) is 54.1 Å². The second-order valence-electron chi connectivity index (χ2n) is 5.33. The minimum Gasteiger partial charge on any atom is -0.325 e. The number of amides is 2. The van der Waals surface area contributed by atoms with Crippen molar-refractivity contribution < 1.29 is 22.0 Å². The SMILES string of the molecule is CCN(CC)C(=O)Nc1ccc(S(=O)(=O)Nc2c(F)cccc2F)cc1. The van der Waals surface area contributed by atoms with Gasteiger partial charge in [0.1, 0.15) is 17.3 Å². The molecule has 0 radical (unpaired) electrons. The molecule has 2 rings (SSSR count). The molecular weight excluding hydrogens is 364 g/mol. The Bertz CT molecular complexity index is 862. The number of anilines is 2. The van der Waals surface area contributed by atoms with Crippen LogP contribution in [0.15, 0.2) is 47.4 Å². The highest BCUT2D eigenvalue weighted by molar-refractivity contribution is 7.92. The van der Waals surface area contributed by atoms with Crippen molar-refractivity contribution in [1.82, 2.24) is 4.90 Å². The van der Waals surface area contributed by atoms with Gasteiger partial charge in [0.25, 0.3) is 10.0 Å². The monoisotopic (exact) mass is 383 g/mol. The van der Waals surface area contributed by atoms with Crippen molar-refractivity contribution in [1.29, 1.82) is 0 Å². The maximum atomic E-state index is 13.6. The molecule has 9 heteroatoms. The van der Waals surface area contributed by atoms with Gasteiger partial charge in [0.15, 0.2) is 0 Å². The van der Waals surface area contributed by atoms with Gasteiger partial charge in [-0.2, -0.15) is 0 Å². The highest BCUT2D eigenvalue weighted by atomic mass is 32.2. The molecule has 0 bridgehead atoms. The van der Waals surface area contributed by atoms with E-state index in [9.17, 15) is 22.0 Å². The van der Waals surface area contributed by atoms with Crippen LogP contribution in [0.2, 0.25) is 0 Å². The van der Waals surface area contributed by atoms with Crippen LogP contribution in [0.5, 0.6) is 0 Å². The Labute approximate surface area is 150 Å². The van der Waals surface area contributed by atoms with E-state index in [1.165, 1.54) is 24.3 Å². The number of carbonyl (C=O) groups is 1. The van der Waals surface area contributed by atoms with E-state index < -0.39 is 27.3 Å². The number of hydrogen-bond donors (Lipinski definition) is 2. The van der Waals surface area contributed by atoms with Crippen LogP contribution in [0.25, 0.3) is 0 Å². The van der Waals surface area contributed by atoms with Gasteiger partial charge in [-0.25, -0.2) is 22.0 Å². The average molecular weight is 383 g/mol. The zero-order chi connectivity index (χ0) is 19.3. The molecule has 0 fully saturated rings. The number of rotatable bonds is 6. The Kier molecular flexibility index (Phi) is 6.14. The lowest BCUT2D eigenvalue weighted by atomic mass is 10.3. The molecule has 26 heavy (non-hydrogen) atoms. The Morgan fingerprint density at radius 1 is 1.00 bits per heavy atom. The second-order valence-corrected chi connectivity index (χ2v) is 7.01. The Morgan fingerprint density at radius 3 is 2.04 bits per heavy atom. The van der Waals surface area contributed by atoms with Crippen LogP contribution in [-0.4, -0.2) is 32.4 Å². The Hall–Kier alpha value is -2.68. The fourth-order valence-electron chi connectivity index (χ4n) is 2.22. The van der Waals surface area contributed by atoms with Gasteiger partial charge in [0.05, 0.1) is 4.90 Å². The summed E-state index contributed by atoms with van der Waals surface area (Å²) < 4.78 is 53.8. The average Bonchev–Trinajstić information content (AvgIpc) is 2.60. The Balaban J connectivity index is 2.18. The summed E-state index contributed by atoms with van der Waals surface area (Å²) in [6, 6.07) is 7.99. The van der Waals surface area contributed by atoms with Crippen molar-refractivity contribution in [2.45, 2.75) is 18.7 Å². The molecule has 0 aliphatic carbocycles. The quantitative estimate of drug-likeness (QED) is 0.799. The van der Waals surface area contributed by atoms with E-state index in [-0.39, 0.29) is 10.9 Å². The molecule has 0 aromatic heterocycles. The highest BCUT2D eigenvalue weighted by Gasteiger charge is 2.19. The molecule has 0 aliphatic heterocycles. The van der Waals surface area contributed by atoms with E-state index in [2.05, 4.69) is 5.32 Å². The van der Waals surface area contributed by atoms with E-state index in [1.807, 2.05) is 18.6 Å². The van der Waals surface area contributed by atoms with Crippen molar-refractivity contribution in [2.75, 3.05) is 23.1 Å². The predicted molar refractivity (Wildman–Crippen MR) is 95.5 cm³/mol. The first-order valence-electron chi connectivity index (χ1n) is 7.91. The minimum absolute atomic E-state index is 0.194. The summed E-state index contributed by atoms with van der Waals surface area (Å²) in [5, 5.41) is 2.64. The van der Waals surface area contributed by atoms with Gasteiger partial charge in [-0.3, -0.25) is 4.72 Å². The first kappa shape index (κ1) is 19.6. The lowest BCUT2D eigenvalue weighted by Gasteiger charge is -2.19. The molecule has 0 saturated carbocycles. The molecule has 0 spiro atoms. The molecule has 2 aromatic rings. The molecule has 6 nitrogen and oxygen atoms in total. The molecule has 0 heterocycles. The van der Waals surface area contributed by atoms with E-state index in [0.29, 0.717) is 18.8 Å². The largest absolute Gasteiger partial charge is 0.325 e. The summed E-state index contributed by atoms with van der Waals surface area (Å²) in [6.45, 7) is 4.75. The van der Waals surface area contributed by atoms with Gasteiger partial charge in [-0.05, 0) is 50.2 Å². The third-order valence-corrected chi connectivity index (χ3v) is 5.03. The maximum absolute atomic E-state index is 13.6. The summed E-state index contributed by atoms with van der Waals surface area (Å²) in [5.41, 5.74) is -0.343. The molecule has 2 amide bonds. The van der Waals surface area contributed by atoms with Crippen LogP contribution >= 0.6 is 0 Å². The zero-order valence-electron chi connectivity index (χ0n) is 14.3. The number of para-hydroxylation sites is 1. The number of benzene rings is 2. The number of sulfonamides is 1. The van der Waals surface area contributed by atoms with Gasteiger partial charge in [-0.15, -0.1) is 0 Å². The smallest absolute Gasteiger partial charge is 0.321 e. The van der Waals surface area contributed by atoms with Crippen molar-refractivity contribution in [2.24, 2.45) is 0 Å². The van der Waals surface area contributed by atoms with Gasteiger partial charge in [0.2, 0.25) is 0 Å². The Morgan fingerprint density at radius 2 is 1.54 bits per heavy atom. The summed E-state index contributed by atoms with van der Waals surface area (Å²) in [6.07, 6.45) is 0. The first-order chi connectivity index (χ1) is 12.3. The van der Waals surface area contributed by atoms with Gasteiger partial charge in [0, 0.05) is 18.8 Å². The summed E-state index contributed by atoms with van der Waals surface area (Å²) >= 11 is 0. The molecule has 0 unspecified atom stereocenters. The third-order valence-electron chi connectivity index (χ3n) is 3.67. The molecule has 2 N–H and O–H groups in total. The maximum Gasteiger partial charge on any atom is 0.321 e. The number of hydrogen-bond acceptors (Lipinski definition) is 3. The van der Waals surface area contributed by atoms with Crippen molar-refractivity contribution in [3.63, 3.8) is 0 Å². The fraction of sp³-hybridized carbons (Fsp3) is 0.235. The second kappa shape index (κ2) is 8.13. The predicted octanol–water partition coefficient (Wildman–Crippen LogP) is 3.64. The number of halogens is 2. The van der Waals surface area contributed by atoms with E-state index in [1.54, 1.807) is 4.90 Å². The summed E-state index contributed by atoms with van der Waals surface area (Å²) in [7, 11) is -4.18. The topological polar surface area (TPSA) is 78.5 Å². The molecule has 2 aromatic carbocycles. The zero-order valence-corrected chi connectivity index (χ0v) is 15.1. The first-order valence-corrected chi connectivity index (χ1v) is 9.39. The number of urea groups is 1. The fourth-order valence-corrected chi connectivity index (χ4v) is 3.30. The molecule has 0 saturated heterocycles. The van der Waals surface area contributed by atoms with Crippen molar-refractivity contribution in [3.8, 4) is 0 Å². The van der Waals surface area contributed by atoms with Crippen LogP contribution in [0, 0.1) is 11.6 Å². The highest BCUT2D eigenvalue weighted by Crippen LogP contribution is 2.23. The molecule has 0 aliphatic rings. The number of nitrogens with zero attached hydrogens (tertiary/aromatic N) is 1. The van der Waals surface area contributed by atoms with Crippen molar-refractivity contribution >= 4 is 27.4 Å². The van der Waals surface area contributed by atoms with Crippen LogP contribution in [0.3, 0.4) is 0 Å². The normalized spacial score (nSPS) is 11.1. The molecule has 140 valence electrons. The minimum atomic E-state index is -4.18. The van der Waals surface area contributed by atoms with E-state index in [4.69, 9.17) is 0 Å². The van der Waals surface area contributed by atoms with Crippen LogP contribution in [-0.2, 0) is 10.0 Å². The van der Waals surface area contributed by atoms with Gasteiger partial charge >= 0.3 is 6.03 Å². The summed E-state index contributed by atoms with van der Waals surface area (Å²) in [5.74, 6) is -2.03. The summed E-state index contributed by atoms with van der Waals surface area (Å²) in [4.78, 5) is 13.3. The van der Waals surface area contributed by atoms with E-state index in [0.717, 1.165) is 18.2 Å². The van der Waals surface area contributed by atoms with Crippen LogP contribution in [0.4, 0.5) is 25.0 Å². The standard InChI is InChI=1S/C17H19F2N3O3S/c1-3-22(4-2)17(23)20-12-8-10-13(11-9-12)26(24,25)21-16-14(18)6-5-7-15(16)19/h5-11,21H,3-4H2,1-2H3,(H,20,23). The third kappa shape index (κ3) is 4.48. The van der Waals surface area contributed by atoms with Gasteiger partial charge < -0.3 is 10.2 Å². The molecular formula is C17H19F2N3O3S. The lowest BCUT2D eigenvalue weighted by Crippen LogP contribution is -2.34. The van der Waals surface area contributed by atoms with Crippen LogP contribution in [0.1, 0.15) is 13.8 Å².